The van der Waals surface area contributed by atoms with E-state index in [4.69, 9.17) is 4.74 Å². The number of morpholine rings is 1. The zero-order valence-electron chi connectivity index (χ0n) is 16.8. The second-order valence-corrected chi connectivity index (χ2v) is 7.59. The van der Waals surface area contributed by atoms with Gasteiger partial charge in [-0.3, -0.25) is 9.89 Å². The smallest absolute Gasteiger partial charge is 0.191 e. The van der Waals surface area contributed by atoms with Gasteiger partial charge in [0.05, 0.1) is 13.2 Å². The maximum atomic E-state index is 5.58. The molecule has 1 saturated carbocycles. The molecule has 1 saturated heterocycles. The number of hydrogen-bond donors (Lipinski definition) is 2. The Labute approximate surface area is 181 Å². The number of guanidine groups is 1. The fourth-order valence-corrected chi connectivity index (χ4v) is 4.31. The maximum Gasteiger partial charge on any atom is 0.191 e. The van der Waals surface area contributed by atoms with Crippen LogP contribution in [0.4, 0.5) is 0 Å². The Hall–Kier alpha value is -0.860. The van der Waals surface area contributed by atoms with Gasteiger partial charge in [0.2, 0.25) is 0 Å². The van der Waals surface area contributed by atoms with Crippen LogP contribution in [0.2, 0.25) is 0 Å². The van der Waals surface area contributed by atoms with E-state index in [2.05, 4.69) is 51.7 Å². The predicted molar refractivity (Wildman–Crippen MR) is 123 cm³/mol. The van der Waals surface area contributed by atoms with Crippen molar-refractivity contribution in [1.29, 1.82) is 0 Å². The Bertz CT molecular complexity index is 596. The molecule has 2 fully saturated rings. The van der Waals surface area contributed by atoms with Crippen LogP contribution < -0.4 is 10.6 Å². The molecular weight excluding hydrogens is 451 g/mol. The van der Waals surface area contributed by atoms with Crippen LogP contribution in [0.1, 0.15) is 43.2 Å². The Morgan fingerprint density at radius 2 is 1.81 bits per heavy atom. The molecule has 0 unspecified atom stereocenters. The first kappa shape index (κ1) is 22.4. The number of nitrogens with one attached hydrogen (secondary N) is 2. The summed E-state index contributed by atoms with van der Waals surface area (Å²) in [7, 11) is 1.86. The lowest BCUT2D eigenvalue weighted by Crippen LogP contribution is -2.60. The molecule has 1 aliphatic carbocycles. The van der Waals surface area contributed by atoms with Gasteiger partial charge >= 0.3 is 0 Å². The second kappa shape index (κ2) is 11.2. The lowest BCUT2D eigenvalue weighted by molar-refractivity contribution is -0.0352. The quantitative estimate of drug-likeness (QED) is 0.381. The van der Waals surface area contributed by atoms with E-state index in [1.54, 1.807) is 0 Å². The van der Waals surface area contributed by atoms with Crippen molar-refractivity contribution in [2.75, 3.05) is 39.9 Å². The van der Waals surface area contributed by atoms with Crippen molar-refractivity contribution in [2.45, 2.75) is 51.1 Å². The van der Waals surface area contributed by atoms with E-state index in [0.717, 1.165) is 45.4 Å². The lowest BCUT2D eigenvalue weighted by atomic mass is 9.80. The van der Waals surface area contributed by atoms with E-state index in [-0.39, 0.29) is 29.5 Å². The number of hydrogen-bond acceptors (Lipinski definition) is 3. The van der Waals surface area contributed by atoms with E-state index in [9.17, 15) is 0 Å². The Kier molecular flexibility index (Phi) is 9.32. The lowest BCUT2D eigenvalue weighted by Gasteiger charge is -2.48. The minimum Gasteiger partial charge on any atom is -0.379 e. The van der Waals surface area contributed by atoms with Crippen LogP contribution in [0.15, 0.2) is 29.3 Å². The monoisotopic (exact) mass is 486 g/mol. The number of benzene rings is 1. The number of rotatable bonds is 5. The number of nitrogens with zero attached hydrogens (tertiary/aromatic N) is 2. The fraction of sp³-hybridized carbons (Fsp3) is 0.667. The average molecular weight is 486 g/mol. The molecule has 5 nitrogen and oxygen atoms in total. The van der Waals surface area contributed by atoms with Crippen molar-refractivity contribution in [1.82, 2.24) is 15.5 Å². The molecule has 152 valence electrons. The van der Waals surface area contributed by atoms with Crippen LogP contribution in [0.3, 0.4) is 0 Å². The van der Waals surface area contributed by atoms with Gasteiger partial charge in [0.1, 0.15) is 0 Å². The van der Waals surface area contributed by atoms with Gasteiger partial charge in [-0.05, 0) is 30.9 Å². The maximum absolute atomic E-state index is 5.58. The minimum absolute atomic E-state index is 0. The summed E-state index contributed by atoms with van der Waals surface area (Å²) in [5, 5.41) is 7.11. The summed E-state index contributed by atoms with van der Waals surface area (Å²) < 4.78 is 5.58. The molecule has 2 N–H and O–H groups in total. The van der Waals surface area contributed by atoms with Crippen molar-refractivity contribution in [3.63, 3.8) is 0 Å². The Morgan fingerprint density at radius 1 is 1.11 bits per heavy atom. The highest BCUT2D eigenvalue weighted by atomic mass is 127. The standard InChI is InChI=1S/C21H34N4O.HI/c1-18-8-4-5-9-19(18)16-23-20(22-2)24-17-21(10-6-3-7-11-21)25-12-14-26-15-13-25;/h4-5,8-9H,3,6-7,10-17H2,1-2H3,(H2,22,23,24);1H. The van der Waals surface area contributed by atoms with Crippen LogP contribution in [0.25, 0.3) is 0 Å². The zero-order valence-corrected chi connectivity index (χ0v) is 19.1. The third-order valence-electron chi connectivity index (χ3n) is 5.98. The van der Waals surface area contributed by atoms with E-state index in [1.165, 1.54) is 43.2 Å². The van der Waals surface area contributed by atoms with Gasteiger partial charge in [-0.1, -0.05) is 43.5 Å². The molecule has 2 aliphatic rings. The third-order valence-corrected chi connectivity index (χ3v) is 5.98. The van der Waals surface area contributed by atoms with E-state index >= 15 is 0 Å². The van der Waals surface area contributed by atoms with Crippen LogP contribution in [-0.2, 0) is 11.3 Å². The molecule has 0 spiro atoms. The topological polar surface area (TPSA) is 48.9 Å². The summed E-state index contributed by atoms with van der Waals surface area (Å²) in [5.41, 5.74) is 2.88. The minimum atomic E-state index is 0. The molecule has 0 amide bonds. The van der Waals surface area contributed by atoms with Gasteiger partial charge in [-0.15, -0.1) is 24.0 Å². The van der Waals surface area contributed by atoms with E-state index < -0.39 is 0 Å². The fourth-order valence-electron chi connectivity index (χ4n) is 4.31. The molecule has 1 aliphatic heterocycles. The first-order valence-corrected chi connectivity index (χ1v) is 10.1. The van der Waals surface area contributed by atoms with Crippen LogP contribution in [0, 0.1) is 6.92 Å². The molecular formula is C21H35IN4O. The molecule has 0 bridgehead atoms. The molecule has 0 radical (unpaired) electrons. The van der Waals surface area contributed by atoms with Gasteiger partial charge in [-0.2, -0.15) is 0 Å². The first-order valence-electron chi connectivity index (χ1n) is 10.1. The molecule has 1 aromatic rings. The van der Waals surface area contributed by atoms with Crippen molar-refractivity contribution in [2.24, 2.45) is 4.99 Å². The molecule has 3 rings (SSSR count). The SMILES string of the molecule is CN=C(NCc1ccccc1C)NCC1(N2CCOCC2)CCCCC1.I. The first-order chi connectivity index (χ1) is 12.7. The summed E-state index contributed by atoms with van der Waals surface area (Å²) in [6, 6.07) is 8.51. The highest BCUT2D eigenvalue weighted by Crippen LogP contribution is 2.33. The zero-order chi connectivity index (χ0) is 18.2. The molecule has 0 atom stereocenters. The Balaban J connectivity index is 0.00000261. The van der Waals surface area contributed by atoms with Crippen molar-refractivity contribution >= 4 is 29.9 Å². The summed E-state index contributed by atoms with van der Waals surface area (Å²) in [4.78, 5) is 7.11. The average Bonchev–Trinajstić information content (AvgIpc) is 2.71. The number of aryl methyl sites for hydroxylation is 1. The predicted octanol–water partition coefficient (Wildman–Crippen LogP) is 3.31. The highest BCUT2D eigenvalue weighted by molar-refractivity contribution is 14.0. The van der Waals surface area contributed by atoms with Crippen molar-refractivity contribution in [3.05, 3.63) is 35.4 Å². The third kappa shape index (κ3) is 6.06. The van der Waals surface area contributed by atoms with Gasteiger partial charge in [0.15, 0.2) is 5.96 Å². The van der Waals surface area contributed by atoms with Crippen LogP contribution in [-0.4, -0.2) is 56.3 Å². The van der Waals surface area contributed by atoms with Gasteiger partial charge in [0.25, 0.3) is 0 Å². The normalized spacial score (nSPS) is 20.6. The van der Waals surface area contributed by atoms with Crippen LogP contribution >= 0.6 is 24.0 Å². The highest BCUT2D eigenvalue weighted by Gasteiger charge is 2.38. The number of ether oxygens (including phenoxy) is 1. The molecule has 1 heterocycles. The van der Waals surface area contributed by atoms with Crippen molar-refractivity contribution < 1.29 is 4.74 Å². The molecule has 0 aromatic heterocycles. The van der Waals surface area contributed by atoms with Gasteiger partial charge in [-0.25, -0.2) is 0 Å². The number of halogens is 1. The summed E-state index contributed by atoms with van der Waals surface area (Å²) in [6.07, 6.45) is 6.57. The summed E-state index contributed by atoms with van der Waals surface area (Å²) in [5.74, 6) is 0.895. The molecule has 1 aromatic carbocycles. The van der Waals surface area contributed by atoms with Gasteiger partial charge in [0, 0.05) is 38.8 Å². The summed E-state index contributed by atoms with van der Waals surface area (Å²) >= 11 is 0. The summed E-state index contributed by atoms with van der Waals surface area (Å²) in [6.45, 7) is 7.75. The largest absolute Gasteiger partial charge is 0.379 e. The Morgan fingerprint density at radius 3 is 2.48 bits per heavy atom. The number of aliphatic imine (C=N–C) groups is 1. The van der Waals surface area contributed by atoms with Crippen LogP contribution in [0.5, 0.6) is 0 Å². The van der Waals surface area contributed by atoms with E-state index in [0.29, 0.717) is 0 Å². The van der Waals surface area contributed by atoms with E-state index in [1.807, 2.05) is 7.05 Å². The molecule has 6 heteroatoms. The van der Waals surface area contributed by atoms with Crippen molar-refractivity contribution in [3.8, 4) is 0 Å². The van der Waals surface area contributed by atoms with Gasteiger partial charge < -0.3 is 15.4 Å². The second-order valence-electron chi connectivity index (χ2n) is 7.59. The molecule has 27 heavy (non-hydrogen) atoms.